The number of aliphatic hydroxyl groups excluding tert-OH is 1. The fourth-order valence-corrected chi connectivity index (χ4v) is 3.73. The average molecular weight is 348 g/mol. The summed E-state index contributed by atoms with van der Waals surface area (Å²) in [5, 5.41) is 9.37. The van der Waals surface area contributed by atoms with Crippen molar-refractivity contribution in [2.45, 2.75) is 72.1 Å². The number of carbonyl (C=O) groups is 1. The van der Waals surface area contributed by atoms with E-state index in [4.69, 9.17) is 0 Å². The van der Waals surface area contributed by atoms with Crippen LogP contribution >= 0.6 is 0 Å². The van der Waals surface area contributed by atoms with Gasteiger partial charge in [0.1, 0.15) is 0 Å². The third kappa shape index (κ3) is 4.84. The van der Waals surface area contributed by atoms with Gasteiger partial charge in [0, 0.05) is 19.7 Å². The summed E-state index contributed by atoms with van der Waals surface area (Å²) >= 11 is 0. The lowest BCUT2D eigenvalue weighted by atomic mass is 9.63. The fourth-order valence-electron chi connectivity index (χ4n) is 3.73. The van der Waals surface area contributed by atoms with Gasteiger partial charge in [-0.2, -0.15) is 0 Å². The van der Waals surface area contributed by atoms with Gasteiger partial charge in [-0.1, -0.05) is 63.9 Å². The topological polar surface area (TPSA) is 40.5 Å². The molecule has 0 bridgehead atoms. The van der Waals surface area contributed by atoms with Crippen LogP contribution in [0.1, 0.15) is 70.9 Å². The van der Waals surface area contributed by atoms with Gasteiger partial charge in [0.2, 0.25) is 5.91 Å². The van der Waals surface area contributed by atoms with Crippen molar-refractivity contribution >= 4 is 5.91 Å². The highest BCUT2D eigenvalue weighted by molar-refractivity contribution is 5.89. The van der Waals surface area contributed by atoms with E-state index < -0.39 is 0 Å². The number of hydrogen-bond acceptors (Lipinski definition) is 2. The maximum Gasteiger partial charge on any atom is 0.233 e. The largest absolute Gasteiger partial charge is 0.396 e. The lowest BCUT2D eigenvalue weighted by Crippen LogP contribution is -2.53. The first kappa shape index (κ1) is 21.7. The molecule has 25 heavy (non-hydrogen) atoms. The molecule has 1 saturated heterocycles. The molecule has 1 N–H and O–H groups in total. The minimum atomic E-state index is -0.287. The lowest BCUT2D eigenvalue weighted by molar-refractivity contribution is -0.143. The van der Waals surface area contributed by atoms with E-state index in [9.17, 15) is 9.90 Å². The van der Waals surface area contributed by atoms with Gasteiger partial charge in [-0.25, -0.2) is 0 Å². The number of hydrogen-bond donors (Lipinski definition) is 1. The molecular weight excluding hydrogens is 310 g/mol. The van der Waals surface area contributed by atoms with E-state index in [0.717, 1.165) is 45.2 Å². The summed E-state index contributed by atoms with van der Waals surface area (Å²) in [6.45, 7) is 11.8. The van der Waals surface area contributed by atoms with Crippen molar-refractivity contribution in [2.24, 2.45) is 5.92 Å². The summed E-state index contributed by atoms with van der Waals surface area (Å²) in [4.78, 5) is 15.1. The number of piperidine rings is 1. The highest BCUT2D eigenvalue weighted by Gasteiger charge is 2.48. The quantitative estimate of drug-likeness (QED) is 0.861. The van der Waals surface area contributed by atoms with Crippen LogP contribution < -0.4 is 0 Å². The van der Waals surface area contributed by atoms with Crippen LogP contribution in [0, 0.1) is 12.8 Å². The summed E-state index contributed by atoms with van der Waals surface area (Å²) < 4.78 is 0. The molecule has 1 unspecified atom stereocenters. The van der Waals surface area contributed by atoms with Gasteiger partial charge < -0.3 is 10.0 Å². The normalized spacial score (nSPS) is 21.0. The predicted octanol–water partition coefficient (Wildman–Crippen LogP) is 4.70. The molecular formula is C22H37NO2. The first-order valence-corrected chi connectivity index (χ1v) is 10.1. The van der Waals surface area contributed by atoms with Gasteiger partial charge in [-0.15, -0.1) is 0 Å². The Labute approximate surface area is 154 Å². The van der Waals surface area contributed by atoms with Crippen LogP contribution in [0.25, 0.3) is 0 Å². The molecule has 3 nitrogen and oxygen atoms in total. The number of nitrogens with zero attached hydrogens (tertiary/aromatic N) is 1. The SMILES string of the molecule is CC.CC.Cc1ccc(C2(C(=O)N3CCCC(CO)C3)CCC2)cc1. The van der Waals surface area contributed by atoms with E-state index in [1.807, 2.05) is 32.6 Å². The fraction of sp³-hybridized carbons (Fsp3) is 0.682. The Bertz CT molecular complexity index is 505. The van der Waals surface area contributed by atoms with Crippen molar-refractivity contribution in [1.82, 2.24) is 4.90 Å². The van der Waals surface area contributed by atoms with Gasteiger partial charge in [-0.3, -0.25) is 4.79 Å². The zero-order valence-corrected chi connectivity index (χ0v) is 16.8. The Kier molecular flexibility index (Phi) is 9.20. The van der Waals surface area contributed by atoms with Crippen molar-refractivity contribution in [1.29, 1.82) is 0 Å². The standard InChI is InChI=1S/C18H25NO2.2C2H6/c1-14-5-7-16(8-6-14)18(9-3-10-18)17(21)19-11-2-4-15(12-19)13-20;2*1-2/h5-8,15,20H,2-4,9-13H2,1H3;2*1-2H3. The van der Waals surface area contributed by atoms with Gasteiger partial charge in [0.15, 0.2) is 0 Å². The molecule has 0 aromatic heterocycles. The molecule has 0 radical (unpaired) electrons. The van der Waals surface area contributed by atoms with Gasteiger partial charge >= 0.3 is 0 Å². The van der Waals surface area contributed by atoms with E-state index in [1.54, 1.807) is 0 Å². The first-order valence-electron chi connectivity index (χ1n) is 10.1. The van der Waals surface area contributed by atoms with Crippen molar-refractivity contribution in [3.63, 3.8) is 0 Å². The second-order valence-corrected chi connectivity index (χ2v) is 6.74. The Morgan fingerprint density at radius 3 is 2.20 bits per heavy atom. The van der Waals surface area contributed by atoms with E-state index in [-0.39, 0.29) is 23.8 Å². The Morgan fingerprint density at radius 1 is 1.12 bits per heavy atom. The second-order valence-electron chi connectivity index (χ2n) is 6.74. The molecule has 1 aromatic carbocycles. The Morgan fingerprint density at radius 2 is 1.72 bits per heavy atom. The summed E-state index contributed by atoms with van der Waals surface area (Å²) in [5.74, 6) is 0.550. The molecule has 142 valence electrons. The summed E-state index contributed by atoms with van der Waals surface area (Å²) in [7, 11) is 0. The van der Waals surface area contributed by atoms with Crippen LogP contribution in [0.15, 0.2) is 24.3 Å². The van der Waals surface area contributed by atoms with E-state index in [2.05, 4.69) is 31.2 Å². The van der Waals surface area contributed by atoms with Crippen LogP contribution in [-0.4, -0.2) is 35.6 Å². The maximum atomic E-state index is 13.1. The third-order valence-corrected chi connectivity index (χ3v) is 5.29. The molecule has 1 saturated carbocycles. The molecule has 0 spiro atoms. The highest BCUT2D eigenvalue weighted by atomic mass is 16.3. The number of aliphatic hydroxyl groups is 1. The average Bonchev–Trinajstić information content (AvgIpc) is 2.65. The molecule has 3 rings (SSSR count). The number of benzene rings is 1. The van der Waals surface area contributed by atoms with Crippen LogP contribution in [0.3, 0.4) is 0 Å². The molecule has 1 heterocycles. The second kappa shape index (κ2) is 10.6. The van der Waals surface area contributed by atoms with Crippen LogP contribution in [0.2, 0.25) is 0 Å². The number of carbonyl (C=O) groups excluding carboxylic acids is 1. The van der Waals surface area contributed by atoms with Gasteiger partial charge in [-0.05, 0) is 44.1 Å². The molecule has 1 aromatic rings. The molecule has 3 heteroatoms. The van der Waals surface area contributed by atoms with Gasteiger partial charge in [0.05, 0.1) is 5.41 Å². The molecule has 2 fully saturated rings. The minimum Gasteiger partial charge on any atom is -0.396 e. The van der Waals surface area contributed by atoms with Crippen molar-refractivity contribution in [2.75, 3.05) is 19.7 Å². The smallest absolute Gasteiger partial charge is 0.233 e. The van der Waals surface area contributed by atoms with Crippen molar-refractivity contribution < 1.29 is 9.90 Å². The Balaban J connectivity index is 0.000000730. The molecule has 1 atom stereocenters. The first-order chi connectivity index (χ1) is 12.2. The molecule has 1 aliphatic heterocycles. The van der Waals surface area contributed by atoms with E-state index in [1.165, 1.54) is 11.1 Å². The van der Waals surface area contributed by atoms with Crippen molar-refractivity contribution in [3.05, 3.63) is 35.4 Å². The van der Waals surface area contributed by atoms with Crippen LogP contribution in [0.5, 0.6) is 0 Å². The van der Waals surface area contributed by atoms with Gasteiger partial charge in [0.25, 0.3) is 0 Å². The zero-order chi connectivity index (χ0) is 18.9. The minimum absolute atomic E-state index is 0.196. The van der Waals surface area contributed by atoms with Crippen molar-refractivity contribution in [3.8, 4) is 0 Å². The number of aryl methyl sites for hydroxylation is 1. The number of rotatable bonds is 3. The Hall–Kier alpha value is -1.35. The maximum absolute atomic E-state index is 13.1. The highest BCUT2D eigenvalue weighted by Crippen LogP contribution is 2.45. The summed E-state index contributed by atoms with van der Waals surface area (Å²) in [6, 6.07) is 8.46. The monoisotopic (exact) mass is 347 g/mol. The number of likely N-dealkylation sites (tertiary alicyclic amines) is 1. The van der Waals surface area contributed by atoms with Crippen LogP contribution in [0.4, 0.5) is 0 Å². The van der Waals surface area contributed by atoms with E-state index in [0.29, 0.717) is 0 Å². The predicted molar refractivity (Wildman–Crippen MR) is 106 cm³/mol. The van der Waals surface area contributed by atoms with E-state index >= 15 is 0 Å². The summed E-state index contributed by atoms with van der Waals surface area (Å²) in [5.41, 5.74) is 2.12. The zero-order valence-electron chi connectivity index (χ0n) is 16.8. The van der Waals surface area contributed by atoms with Crippen LogP contribution in [-0.2, 0) is 10.2 Å². The molecule has 1 amide bonds. The molecule has 1 aliphatic carbocycles. The number of amides is 1. The lowest BCUT2D eigenvalue weighted by Gasteiger charge is -2.46. The molecule has 2 aliphatic rings. The third-order valence-electron chi connectivity index (χ3n) is 5.29. The summed E-state index contributed by atoms with van der Waals surface area (Å²) in [6.07, 6.45) is 5.13.